The lowest BCUT2D eigenvalue weighted by Gasteiger charge is -2.22. The third-order valence-electron chi connectivity index (χ3n) is 5.97. The molecule has 0 aromatic heterocycles. The van der Waals surface area contributed by atoms with Crippen LogP contribution in [-0.2, 0) is 6.54 Å². The van der Waals surface area contributed by atoms with Crippen LogP contribution in [0, 0.1) is 0 Å². The molecule has 1 atom stereocenters. The van der Waals surface area contributed by atoms with Crippen LogP contribution in [0.5, 0.6) is 0 Å². The molecule has 1 fully saturated rings. The highest BCUT2D eigenvalue weighted by molar-refractivity contribution is 14.0. The van der Waals surface area contributed by atoms with Crippen molar-refractivity contribution in [2.75, 3.05) is 43.0 Å². The Morgan fingerprint density at radius 1 is 0.968 bits per heavy atom. The van der Waals surface area contributed by atoms with E-state index in [2.05, 4.69) is 93.0 Å². The maximum absolute atomic E-state index is 4.43. The van der Waals surface area contributed by atoms with Crippen molar-refractivity contribution in [1.29, 1.82) is 0 Å². The van der Waals surface area contributed by atoms with Crippen LogP contribution < -0.4 is 20.4 Å². The number of guanidine groups is 1. The summed E-state index contributed by atoms with van der Waals surface area (Å²) in [5, 5.41) is 7.01. The number of halogens is 1. The summed E-state index contributed by atoms with van der Waals surface area (Å²) in [5.41, 5.74) is 5.14. The van der Waals surface area contributed by atoms with Crippen molar-refractivity contribution in [3.63, 3.8) is 0 Å². The molecule has 6 heteroatoms. The van der Waals surface area contributed by atoms with Gasteiger partial charge in [-0.3, -0.25) is 4.99 Å². The molecule has 0 bridgehead atoms. The van der Waals surface area contributed by atoms with Gasteiger partial charge < -0.3 is 20.4 Å². The van der Waals surface area contributed by atoms with Crippen molar-refractivity contribution < 1.29 is 0 Å². The first-order valence-corrected chi connectivity index (χ1v) is 11.0. The molecule has 1 unspecified atom stereocenters. The number of rotatable bonds is 6. The molecule has 2 aromatic carbocycles. The van der Waals surface area contributed by atoms with E-state index in [-0.39, 0.29) is 30.0 Å². The molecule has 0 amide bonds. The van der Waals surface area contributed by atoms with Crippen LogP contribution in [0.4, 0.5) is 11.4 Å². The number of nitrogens with one attached hydrogen (secondary N) is 2. The maximum atomic E-state index is 4.43. The lowest BCUT2D eigenvalue weighted by Crippen LogP contribution is -2.38. The second kappa shape index (κ2) is 11.4. The Labute approximate surface area is 203 Å². The molecule has 0 aliphatic carbocycles. The first kappa shape index (κ1) is 23.4. The molecule has 2 aliphatic heterocycles. The van der Waals surface area contributed by atoms with E-state index in [9.17, 15) is 0 Å². The van der Waals surface area contributed by atoms with E-state index in [4.69, 9.17) is 0 Å². The van der Waals surface area contributed by atoms with Crippen molar-refractivity contribution in [3.05, 3.63) is 71.8 Å². The van der Waals surface area contributed by atoms with Gasteiger partial charge in [-0.05, 0) is 55.2 Å². The number of aliphatic imine (C=N–C) groups is 1. The minimum Gasteiger partial charge on any atom is -0.372 e. The molecular formula is C25H34IN5. The average Bonchev–Trinajstić information content (AvgIpc) is 3.51. The molecule has 2 aliphatic rings. The smallest absolute Gasteiger partial charge is 0.191 e. The number of benzene rings is 2. The van der Waals surface area contributed by atoms with Gasteiger partial charge in [0.05, 0.1) is 6.04 Å². The molecule has 2 heterocycles. The second-order valence-electron chi connectivity index (χ2n) is 8.13. The minimum absolute atomic E-state index is 0. The lowest BCUT2D eigenvalue weighted by molar-refractivity contribution is 0.685. The molecule has 0 spiro atoms. The van der Waals surface area contributed by atoms with Crippen LogP contribution in [-0.4, -0.2) is 39.2 Å². The molecule has 2 aromatic rings. The largest absolute Gasteiger partial charge is 0.372 e. The molecule has 5 nitrogen and oxygen atoms in total. The van der Waals surface area contributed by atoms with Gasteiger partial charge >= 0.3 is 0 Å². The van der Waals surface area contributed by atoms with E-state index in [0.717, 1.165) is 25.6 Å². The normalized spacial score (nSPS) is 16.9. The van der Waals surface area contributed by atoms with Crippen molar-refractivity contribution in [1.82, 2.24) is 10.6 Å². The van der Waals surface area contributed by atoms with Gasteiger partial charge in [-0.25, -0.2) is 0 Å². The Morgan fingerprint density at radius 3 is 2.35 bits per heavy atom. The van der Waals surface area contributed by atoms with Gasteiger partial charge in [0.2, 0.25) is 0 Å². The van der Waals surface area contributed by atoms with Gasteiger partial charge in [-0.2, -0.15) is 0 Å². The molecule has 2 N–H and O–H groups in total. The third-order valence-corrected chi connectivity index (χ3v) is 5.97. The average molecular weight is 531 g/mol. The first-order chi connectivity index (χ1) is 14.7. The quantitative estimate of drug-likeness (QED) is 0.245. The summed E-state index contributed by atoms with van der Waals surface area (Å²) in [5.74, 6) is 0.822. The number of anilines is 2. The van der Waals surface area contributed by atoms with Crippen molar-refractivity contribution in [2.24, 2.45) is 4.99 Å². The van der Waals surface area contributed by atoms with Crippen molar-refractivity contribution in [3.8, 4) is 0 Å². The SMILES string of the molecule is CN=C(NCc1cccc(N2CC=CC2)c1)NC(C)c1cccc(N2CCCC2)c1.I. The number of nitrogens with zero attached hydrogens (tertiary/aromatic N) is 3. The summed E-state index contributed by atoms with van der Waals surface area (Å²) in [6.07, 6.45) is 7.03. The topological polar surface area (TPSA) is 42.9 Å². The fraction of sp³-hybridized carbons (Fsp3) is 0.400. The molecule has 0 saturated carbocycles. The van der Waals surface area contributed by atoms with E-state index in [0.29, 0.717) is 0 Å². The lowest BCUT2D eigenvalue weighted by atomic mass is 10.1. The molecule has 1 saturated heterocycles. The van der Waals surface area contributed by atoms with Gasteiger partial charge in [-0.1, -0.05) is 36.4 Å². The number of hydrogen-bond acceptors (Lipinski definition) is 3. The van der Waals surface area contributed by atoms with E-state index in [1.165, 1.54) is 48.4 Å². The molecular weight excluding hydrogens is 497 g/mol. The standard InChI is InChI=1S/C25H33N5.HI/c1-20(22-10-8-12-24(18-22)30-15-5-6-16-30)28-25(26-2)27-19-21-9-7-11-23(17-21)29-13-3-4-14-29;/h3-4,7-12,17-18,20H,5-6,13-16,19H2,1-2H3,(H2,26,27,28);1H. The zero-order valence-electron chi connectivity index (χ0n) is 18.6. The Hall–Kier alpha value is -2.22. The summed E-state index contributed by atoms with van der Waals surface area (Å²) in [6.45, 7) is 7.26. The van der Waals surface area contributed by atoms with Gasteiger partial charge in [0, 0.05) is 51.1 Å². The van der Waals surface area contributed by atoms with Crippen LogP contribution >= 0.6 is 24.0 Å². The van der Waals surface area contributed by atoms with Gasteiger partial charge in [0.1, 0.15) is 0 Å². The van der Waals surface area contributed by atoms with Crippen molar-refractivity contribution in [2.45, 2.75) is 32.4 Å². The van der Waals surface area contributed by atoms with E-state index in [1.807, 2.05) is 7.05 Å². The Kier molecular flexibility index (Phi) is 8.63. The molecule has 4 rings (SSSR count). The van der Waals surface area contributed by atoms with E-state index >= 15 is 0 Å². The van der Waals surface area contributed by atoms with Crippen LogP contribution in [0.3, 0.4) is 0 Å². The monoisotopic (exact) mass is 531 g/mol. The van der Waals surface area contributed by atoms with Gasteiger partial charge in [-0.15, -0.1) is 24.0 Å². The van der Waals surface area contributed by atoms with Gasteiger partial charge in [0.15, 0.2) is 5.96 Å². The number of hydrogen-bond donors (Lipinski definition) is 2. The zero-order chi connectivity index (χ0) is 20.8. The van der Waals surface area contributed by atoms with Crippen LogP contribution in [0.25, 0.3) is 0 Å². The van der Waals surface area contributed by atoms with Crippen LogP contribution in [0.15, 0.2) is 65.7 Å². The summed E-state index contributed by atoms with van der Waals surface area (Å²) in [6, 6.07) is 17.8. The van der Waals surface area contributed by atoms with Crippen molar-refractivity contribution >= 4 is 41.3 Å². The maximum Gasteiger partial charge on any atom is 0.191 e. The predicted octanol–water partition coefficient (Wildman–Crippen LogP) is 4.71. The first-order valence-electron chi connectivity index (χ1n) is 11.0. The highest BCUT2D eigenvalue weighted by Gasteiger charge is 2.15. The molecule has 0 radical (unpaired) electrons. The Morgan fingerprint density at radius 2 is 1.65 bits per heavy atom. The van der Waals surface area contributed by atoms with Crippen LogP contribution in [0.2, 0.25) is 0 Å². The third kappa shape index (κ3) is 6.15. The molecule has 166 valence electrons. The summed E-state index contributed by atoms with van der Waals surface area (Å²) >= 11 is 0. The van der Waals surface area contributed by atoms with Gasteiger partial charge in [0.25, 0.3) is 0 Å². The Bertz CT molecular complexity index is 896. The minimum atomic E-state index is 0. The van der Waals surface area contributed by atoms with E-state index < -0.39 is 0 Å². The zero-order valence-corrected chi connectivity index (χ0v) is 20.9. The fourth-order valence-electron chi connectivity index (χ4n) is 4.19. The van der Waals surface area contributed by atoms with E-state index in [1.54, 1.807) is 0 Å². The molecule has 31 heavy (non-hydrogen) atoms. The highest BCUT2D eigenvalue weighted by atomic mass is 127. The second-order valence-corrected chi connectivity index (χ2v) is 8.13. The summed E-state index contributed by atoms with van der Waals surface area (Å²) in [4.78, 5) is 9.28. The predicted molar refractivity (Wildman–Crippen MR) is 143 cm³/mol. The van der Waals surface area contributed by atoms with Crippen LogP contribution in [0.1, 0.15) is 36.9 Å². The summed E-state index contributed by atoms with van der Waals surface area (Å²) in [7, 11) is 1.83. The Balaban J connectivity index is 0.00000272. The highest BCUT2D eigenvalue weighted by Crippen LogP contribution is 2.24. The fourth-order valence-corrected chi connectivity index (χ4v) is 4.19. The summed E-state index contributed by atoms with van der Waals surface area (Å²) < 4.78 is 0.